The molecule has 186 valence electrons. The first-order valence-corrected chi connectivity index (χ1v) is 12.3. The number of carbonyl (C=O) groups is 3. The van der Waals surface area contributed by atoms with Gasteiger partial charge < -0.3 is 19.3 Å². The minimum absolute atomic E-state index is 0.106. The van der Waals surface area contributed by atoms with Crippen molar-refractivity contribution in [3.05, 3.63) is 65.7 Å². The normalized spacial score (nSPS) is 23.3. The van der Waals surface area contributed by atoms with Crippen molar-refractivity contribution in [2.75, 3.05) is 31.8 Å². The van der Waals surface area contributed by atoms with Crippen molar-refractivity contribution in [2.45, 2.75) is 45.2 Å². The van der Waals surface area contributed by atoms with E-state index in [0.29, 0.717) is 13.2 Å². The van der Waals surface area contributed by atoms with Crippen LogP contribution in [0.2, 0.25) is 0 Å². The molecular weight excluding hydrogens is 444 g/mol. The number of amides is 2. The fraction of sp³-hybridized carbons (Fsp3) is 0.464. The Labute approximate surface area is 207 Å². The molecule has 35 heavy (non-hydrogen) atoms. The van der Waals surface area contributed by atoms with Gasteiger partial charge in [0, 0.05) is 31.7 Å². The molecule has 0 bridgehead atoms. The molecule has 2 aromatic rings. The number of nitrogens with zero attached hydrogens (tertiary/aromatic N) is 2. The molecule has 4 rings (SSSR count). The first-order valence-electron chi connectivity index (χ1n) is 12.3. The van der Waals surface area contributed by atoms with Crippen LogP contribution in [0.15, 0.2) is 54.6 Å². The van der Waals surface area contributed by atoms with Gasteiger partial charge in [0.2, 0.25) is 5.91 Å². The van der Waals surface area contributed by atoms with Gasteiger partial charge in [0.15, 0.2) is 0 Å². The average molecular weight is 479 g/mol. The van der Waals surface area contributed by atoms with Crippen molar-refractivity contribution >= 4 is 23.5 Å². The van der Waals surface area contributed by atoms with Gasteiger partial charge in [0.05, 0.1) is 25.2 Å². The Morgan fingerprint density at radius 1 is 1.00 bits per heavy atom. The summed E-state index contributed by atoms with van der Waals surface area (Å²) in [6.45, 7) is 6.69. The third kappa shape index (κ3) is 4.57. The maximum absolute atomic E-state index is 14.1. The molecule has 0 spiro atoms. The Morgan fingerprint density at radius 3 is 2.34 bits per heavy atom. The Hall–Kier alpha value is -3.19. The quantitative estimate of drug-likeness (QED) is 0.537. The van der Waals surface area contributed by atoms with Crippen LogP contribution < -0.4 is 4.90 Å². The zero-order valence-electron chi connectivity index (χ0n) is 20.8. The predicted octanol–water partition coefficient (Wildman–Crippen LogP) is 3.94. The predicted molar refractivity (Wildman–Crippen MR) is 133 cm³/mol. The lowest BCUT2D eigenvalue weighted by molar-refractivity contribution is -0.150. The van der Waals surface area contributed by atoms with Crippen LogP contribution in [0.3, 0.4) is 0 Å². The second-order valence-electron chi connectivity index (χ2n) is 9.54. The number of benzene rings is 2. The Kier molecular flexibility index (Phi) is 7.55. The number of likely N-dealkylation sites (tertiary alicyclic amines) is 1. The molecule has 0 aliphatic carbocycles. The van der Waals surface area contributed by atoms with E-state index in [4.69, 9.17) is 9.47 Å². The highest BCUT2D eigenvalue weighted by atomic mass is 16.5. The van der Waals surface area contributed by atoms with Crippen LogP contribution in [0.4, 0.5) is 5.69 Å². The SMILES string of the molecule is CCOC(=O)[C@@H]1[C@H]2c3ccccc3N(CCOC)C(=O)[C@H]2N(C(=O)CC(C)C)[C@@H]1c1ccccc1. The molecule has 2 aromatic carbocycles. The molecule has 2 aliphatic rings. The van der Waals surface area contributed by atoms with E-state index < -0.39 is 23.9 Å². The lowest BCUT2D eigenvalue weighted by Gasteiger charge is -2.40. The lowest BCUT2D eigenvalue weighted by atomic mass is 9.77. The molecule has 4 atom stereocenters. The Morgan fingerprint density at radius 2 is 1.69 bits per heavy atom. The number of para-hydroxylation sites is 1. The van der Waals surface area contributed by atoms with Crippen LogP contribution in [0, 0.1) is 11.8 Å². The molecule has 1 fully saturated rings. The summed E-state index contributed by atoms with van der Waals surface area (Å²) in [5, 5.41) is 0. The number of anilines is 1. The van der Waals surface area contributed by atoms with Gasteiger partial charge in [-0.3, -0.25) is 14.4 Å². The van der Waals surface area contributed by atoms with Gasteiger partial charge in [-0.25, -0.2) is 0 Å². The molecule has 1 saturated heterocycles. The second kappa shape index (κ2) is 10.6. The molecule has 2 amide bonds. The summed E-state index contributed by atoms with van der Waals surface area (Å²) in [4.78, 5) is 44.8. The molecule has 0 saturated carbocycles. The lowest BCUT2D eigenvalue weighted by Crippen LogP contribution is -2.54. The van der Waals surface area contributed by atoms with Gasteiger partial charge in [0.25, 0.3) is 5.91 Å². The van der Waals surface area contributed by atoms with E-state index in [9.17, 15) is 14.4 Å². The average Bonchev–Trinajstić information content (AvgIpc) is 3.21. The van der Waals surface area contributed by atoms with Gasteiger partial charge in [-0.15, -0.1) is 0 Å². The van der Waals surface area contributed by atoms with Crippen molar-refractivity contribution < 1.29 is 23.9 Å². The van der Waals surface area contributed by atoms with Gasteiger partial charge in [0.1, 0.15) is 6.04 Å². The van der Waals surface area contributed by atoms with E-state index in [1.807, 2.05) is 68.4 Å². The summed E-state index contributed by atoms with van der Waals surface area (Å²) in [6, 6.07) is 15.8. The minimum atomic E-state index is -0.799. The maximum atomic E-state index is 14.1. The summed E-state index contributed by atoms with van der Waals surface area (Å²) in [5.74, 6) is -1.80. The molecule has 2 heterocycles. The first-order chi connectivity index (χ1) is 16.9. The maximum Gasteiger partial charge on any atom is 0.312 e. The number of hydrogen-bond donors (Lipinski definition) is 0. The van der Waals surface area contributed by atoms with Gasteiger partial charge >= 0.3 is 5.97 Å². The molecule has 0 radical (unpaired) electrons. The monoisotopic (exact) mass is 478 g/mol. The summed E-state index contributed by atoms with van der Waals surface area (Å²) in [6.07, 6.45) is 0.287. The molecule has 7 heteroatoms. The van der Waals surface area contributed by atoms with Crippen molar-refractivity contribution in [3.8, 4) is 0 Å². The van der Waals surface area contributed by atoms with Crippen LogP contribution >= 0.6 is 0 Å². The number of carbonyl (C=O) groups excluding carboxylic acids is 3. The first kappa shape index (κ1) is 24.9. The topological polar surface area (TPSA) is 76.2 Å². The molecule has 0 aromatic heterocycles. The van der Waals surface area contributed by atoms with E-state index in [-0.39, 0.29) is 36.7 Å². The van der Waals surface area contributed by atoms with E-state index in [1.54, 1.807) is 23.8 Å². The highest BCUT2D eigenvalue weighted by Gasteiger charge is 2.61. The van der Waals surface area contributed by atoms with Crippen LogP contribution in [-0.4, -0.2) is 55.6 Å². The number of rotatable bonds is 8. The molecular formula is C28H34N2O5. The van der Waals surface area contributed by atoms with Crippen molar-refractivity contribution in [2.24, 2.45) is 11.8 Å². The number of fused-ring (bicyclic) bond motifs is 3. The van der Waals surface area contributed by atoms with E-state index in [2.05, 4.69) is 0 Å². The Balaban J connectivity index is 1.94. The van der Waals surface area contributed by atoms with Crippen LogP contribution in [-0.2, 0) is 23.9 Å². The smallest absolute Gasteiger partial charge is 0.312 e. The molecule has 7 nitrogen and oxygen atoms in total. The third-order valence-corrected chi connectivity index (χ3v) is 6.86. The minimum Gasteiger partial charge on any atom is -0.466 e. The second-order valence-corrected chi connectivity index (χ2v) is 9.54. The summed E-state index contributed by atoms with van der Waals surface area (Å²) in [5.41, 5.74) is 2.47. The number of hydrogen-bond acceptors (Lipinski definition) is 5. The van der Waals surface area contributed by atoms with Gasteiger partial charge in [-0.2, -0.15) is 0 Å². The zero-order valence-corrected chi connectivity index (χ0v) is 20.8. The highest BCUT2D eigenvalue weighted by molar-refractivity contribution is 6.04. The van der Waals surface area contributed by atoms with Crippen LogP contribution in [0.1, 0.15) is 50.3 Å². The van der Waals surface area contributed by atoms with E-state index >= 15 is 0 Å². The standard InChI is InChI=1S/C28H34N2O5/c1-5-35-28(33)24-23-20-13-9-10-14-21(20)29(15-16-34-4)27(32)26(23)30(22(31)17-18(2)3)25(24)19-11-7-6-8-12-19/h6-14,18,23-26H,5,15-17H2,1-4H3/t23-,24-,25-,26+/m1/s1. The number of esters is 1. The number of ether oxygens (including phenoxy) is 2. The Bertz CT molecular complexity index is 1070. The summed E-state index contributed by atoms with van der Waals surface area (Å²) >= 11 is 0. The van der Waals surface area contributed by atoms with Gasteiger partial charge in [-0.05, 0) is 30.0 Å². The fourth-order valence-corrected chi connectivity index (χ4v) is 5.55. The largest absolute Gasteiger partial charge is 0.466 e. The highest BCUT2D eigenvalue weighted by Crippen LogP contribution is 2.55. The van der Waals surface area contributed by atoms with Crippen molar-refractivity contribution in [1.29, 1.82) is 0 Å². The number of methoxy groups -OCH3 is 1. The summed E-state index contributed by atoms with van der Waals surface area (Å²) in [7, 11) is 1.60. The fourth-order valence-electron chi connectivity index (χ4n) is 5.55. The van der Waals surface area contributed by atoms with Crippen molar-refractivity contribution in [1.82, 2.24) is 4.90 Å². The van der Waals surface area contributed by atoms with E-state index in [0.717, 1.165) is 16.8 Å². The van der Waals surface area contributed by atoms with Crippen LogP contribution in [0.5, 0.6) is 0 Å². The zero-order chi connectivity index (χ0) is 25.1. The van der Waals surface area contributed by atoms with Gasteiger partial charge in [-0.1, -0.05) is 62.4 Å². The van der Waals surface area contributed by atoms with E-state index in [1.165, 1.54) is 0 Å². The summed E-state index contributed by atoms with van der Waals surface area (Å²) < 4.78 is 10.8. The molecule has 0 N–H and O–H groups in total. The van der Waals surface area contributed by atoms with Crippen molar-refractivity contribution in [3.63, 3.8) is 0 Å². The third-order valence-electron chi connectivity index (χ3n) is 6.86. The van der Waals surface area contributed by atoms with Crippen LogP contribution in [0.25, 0.3) is 0 Å². The molecule has 0 unspecified atom stereocenters. The molecule has 2 aliphatic heterocycles.